The van der Waals surface area contributed by atoms with Crippen molar-refractivity contribution in [2.75, 3.05) is 0 Å². The van der Waals surface area contributed by atoms with Gasteiger partial charge in [0.05, 0.1) is 17.7 Å². The molecule has 1 amide bonds. The maximum atomic E-state index is 12.2. The number of rotatable bonds is 6. The Labute approximate surface area is 154 Å². The molecule has 8 nitrogen and oxygen atoms in total. The number of carbonyl (C=O) groups is 1. The van der Waals surface area contributed by atoms with Gasteiger partial charge in [-0.15, -0.1) is 0 Å². The highest BCUT2D eigenvalue weighted by Gasteiger charge is 2.12. The van der Waals surface area contributed by atoms with Gasteiger partial charge in [-0.2, -0.15) is 5.26 Å². The fourth-order valence-electron chi connectivity index (χ4n) is 2.45. The van der Waals surface area contributed by atoms with Gasteiger partial charge >= 0.3 is 0 Å². The lowest BCUT2D eigenvalue weighted by Crippen LogP contribution is -2.23. The number of hydrogen-bond acceptors (Lipinski definition) is 5. The summed E-state index contributed by atoms with van der Waals surface area (Å²) in [6.45, 7) is 0.175. The van der Waals surface area contributed by atoms with Crippen molar-refractivity contribution in [3.05, 3.63) is 88.1 Å². The molecule has 8 heteroatoms. The molecule has 2 heterocycles. The number of nitrogens with zero attached hydrogens (tertiary/aromatic N) is 3. The van der Waals surface area contributed by atoms with Gasteiger partial charge in [0.1, 0.15) is 17.4 Å². The van der Waals surface area contributed by atoms with Gasteiger partial charge in [0, 0.05) is 29.7 Å². The van der Waals surface area contributed by atoms with Gasteiger partial charge in [0.15, 0.2) is 0 Å². The maximum Gasteiger partial charge on any atom is 0.269 e. The van der Waals surface area contributed by atoms with E-state index in [2.05, 4.69) is 5.32 Å². The number of aromatic nitrogens is 1. The minimum absolute atomic E-state index is 0.0157. The van der Waals surface area contributed by atoms with Gasteiger partial charge in [-0.1, -0.05) is 0 Å². The minimum Gasteiger partial charge on any atom is -0.467 e. The van der Waals surface area contributed by atoms with Crippen LogP contribution in [0.5, 0.6) is 0 Å². The van der Waals surface area contributed by atoms with E-state index in [4.69, 9.17) is 4.42 Å². The van der Waals surface area contributed by atoms with Gasteiger partial charge in [-0.05, 0) is 42.5 Å². The Kier molecular flexibility index (Phi) is 5.14. The molecule has 0 saturated carbocycles. The number of nitrogens with one attached hydrogen (secondary N) is 1. The number of hydrogen-bond donors (Lipinski definition) is 1. The number of furan rings is 1. The zero-order chi connectivity index (χ0) is 19.2. The van der Waals surface area contributed by atoms with Crippen molar-refractivity contribution in [3.8, 4) is 11.8 Å². The maximum absolute atomic E-state index is 12.2. The Morgan fingerprint density at radius 3 is 2.67 bits per heavy atom. The summed E-state index contributed by atoms with van der Waals surface area (Å²) in [6, 6.07) is 14.8. The summed E-state index contributed by atoms with van der Waals surface area (Å²) in [6.07, 6.45) is 4.70. The van der Waals surface area contributed by atoms with Crippen molar-refractivity contribution in [3.63, 3.8) is 0 Å². The number of nitro benzene ring substituents is 1. The predicted molar refractivity (Wildman–Crippen MR) is 96.6 cm³/mol. The molecule has 0 saturated heterocycles. The molecule has 0 aliphatic rings. The van der Waals surface area contributed by atoms with Crippen LogP contribution in [0.3, 0.4) is 0 Å². The molecule has 0 radical (unpaired) electrons. The molecule has 0 aliphatic heterocycles. The van der Waals surface area contributed by atoms with E-state index in [1.54, 1.807) is 47.2 Å². The van der Waals surface area contributed by atoms with Crippen molar-refractivity contribution in [2.45, 2.75) is 6.54 Å². The standard InChI is InChI=1S/C19H14N4O4/c20-12-14(19(24)21-13-18-4-2-10-27-18)11-17-3-1-9-22(17)15-5-7-16(8-6-15)23(25)26/h1-11H,13H2,(H,21,24)/b14-11-. The van der Waals surface area contributed by atoms with Crippen LogP contribution in [0.25, 0.3) is 11.8 Å². The van der Waals surface area contributed by atoms with E-state index in [-0.39, 0.29) is 17.8 Å². The van der Waals surface area contributed by atoms with E-state index in [1.807, 2.05) is 6.07 Å². The number of nitriles is 1. The van der Waals surface area contributed by atoms with E-state index in [1.165, 1.54) is 24.5 Å². The summed E-state index contributed by atoms with van der Waals surface area (Å²) in [5, 5.41) is 22.7. The van der Waals surface area contributed by atoms with Gasteiger partial charge < -0.3 is 14.3 Å². The molecular formula is C19H14N4O4. The van der Waals surface area contributed by atoms with Crippen molar-refractivity contribution in [1.29, 1.82) is 5.26 Å². The molecule has 0 spiro atoms. The van der Waals surface area contributed by atoms with Gasteiger partial charge in [-0.25, -0.2) is 0 Å². The molecular weight excluding hydrogens is 348 g/mol. The second-order valence-corrected chi connectivity index (χ2v) is 5.51. The zero-order valence-corrected chi connectivity index (χ0v) is 14.0. The first kappa shape index (κ1) is 17.7. The van der Waals surface area contributed by atoms with E-state index in [0.717, 1.165) is 0 Å². The van der Waals surface area contributed by atoms with E-state index in [0.29, 0.717) is 17.1 Å². The van der Waals surface area contributed by atoms with Crippen LogP contribution < -0.4 is 5.32 Å². The number of carbonyl (C=O) groups excluding carboxylic acids is 1. The SMILES string of the molecule is N#C/C(=C/c1cccn1-c1ccc([N+](=O)[O-])cc1)C(=O)NCc1ccco1. The lowest BCUT2D eigenvalue weighted by Gasteiger charge is -2.07. The van der Waals surface area contributed by atoms with Crippen molar-refractivity contribution < 1.29 is 14.1 Å². The third kappa shape index (κ3) is 4.11. The van der Waals surface area contributed by atoms with Crippen LogP contribution >= 0.6 is 0 Å². The summed E-state index contributed by atoms with van der Waals surface area (Å²) < 4.78 is 6.86. The Morgan fingerprint density at radius 1 is 1.26 bits per heavy atom. The first-order valence-corrected chi connectivity index (χ1v) is 7.93. The molecule has 2 aromatic heterocycles. The summed E-state index contributed by atoms with van der Waals surface area (Å²) in [4.78, 5) is 22.5. The first-order valence-electron chi connectivity index (χ1n) is 7.93. The lowest BCUT2D eigenvalue weighted by atomic mass is 10.2. The number of nitro groups is 1. The molecule has 0 fully saturated rings. The van der Waals surface area contributed by atoms with Crippen molar-refractivity contribution in [1.82, 2.24) is 9.88 Å². The average Bonchev–Trinajstić information content (AvgIpc) is 3.36. The number of benzene rings is 1. The molecule has 1 N–H and O–H groups in total. The highest BCUT2D eigenvalue weighted by molar-refractivity contribution is 6.01. The molecule has 1 aromatic carbocycles. The van der Waals surface area contributed by atoms with Gasteiger partial charge in [-0.3, -0.25) is 14.9 Å². The number of non-ortho nitro benzene ring substituents is 1. The van der Waals surface area contributed by atoms with Gasteiger partial charge in [0.25, 0.3) is 11.6 Å². The molecule has 3 aromatic rings. The van der Waals surface area contributed by atoms with Crippen LogP contribution in [-0.2, 0) is 11.3 Å². The average molecular weight is 362 g/mol. The topological polar surface area (TPSA) is 114 Å². The zero-order valence-electron chi connectivity index (χ0n) is 14.0. The van der Waals surface area contributed by atoms with Crippen LogP contribution in [0, 0.1) is 21.4 Å². The smallest absolute Gasteiger partial charge is 0.269 e. The van der Waals surface area contributed by atoms with E-state index in [9.17, 15) is 20.2 Å². The fourth-order valence-corrected chi connectivity index (χ4v) is 2.45. The highest BCUT2D eigenvalue weighted by Crippen LogP contribution is 2.19. The third-order valence-electron chi connectivity index (χ3n) is 3.78. The Balaban J connectivity index is 1.81. The lowest BCUT2D eigenvalue weighted by molar-refractivity contribution is -0.384. The minimum atomic E-state index is -0.523. The van der Waals surface area contributed by atoms with Crippen molar-refractivity contribution >= 4 is 17.7 Å². The molecule has 0 aliphatic carbocycles. The highest BCUT2D eigenvalue weighted by atomic mass is 16.6. The van der Waals surface area contributed by atoms with Crippen LogP contribution in [0.2, 0.25) is 0 Å². The van der Waals surface area contributed by atoms with Crippen LogP contribution in [0.4, 0.5) is 5.69 Å². The van der Waals surface area contributed by atoms with Crippen LogP contribution in [0.1, 0.15) is 11.5 Å². The largest absolute Gasteiger partial charge is 0.467 e. The Morgan fingerprint density at radius 2 is 2.04 bits per heavy atom. The predicted octanol–water partition coefficient (Wildman–Crippen LogP) is 3.20. The quantitative estimate of drug-likeness (QED) is 0.313. The van der Waals surface area contributed by atoms with Crippen molar-refractivity contribution in [2.24, 2.45) is 0 Å². The number of amides is 1. The first-order chi connectivity index (χ1) is 13.1. The van der Waals surface area contributed by atoms with E-state index < -0.39 is 10.8 Å². The summed E-state index contributed by atoms with van der Waals surface area (Å²) in [7, 11) is 0. The summed E-state index contributed by atoms with van der Waals surface area (Å²) in [5.74, 6) is 0.0558. The van der Waals surface area contributed by atoms with Crippen LogP contribution in [-0.4, -0.2) is 15.4 Å². The third-order valence-corrected chi connectivity index (χ3v) is 3.78. The normalized spacial score (nSPS) is 11.0. The van der Waals surface area contributed by atoms with Crippen LogP contribution in [0.15, 0.2) is 71.0 Å². The molecule has 27 heavy (non-hydrogen) atoms. The second kappa shape index (κ2) is 7.84. The van der Waals surface area contributed by atoms with E-state index >= 15 is 0 Å². The molecule has 0 unspecified atom stereocenters. The second-order valence-electron chi connectivity index (χ2n) is 5.51. The summed E-state index contributed by atoms with van der Waals surface area (Å²) >= 11 is 0. The Bertz CT molecular complexity index is 1020. The summed E-state index contributed by atoms with van der Waals surface area (Å²) in [5.41, 5.74) is 1.18. The molecule has 3 rings (SSSR count). The molecule has 0 bridgehead atoms. The fraction of sp³-hybridized carbons (Fsp3) is 0.0526. The Hall–Kier alpha value is -4.12. The molecule has 0 atom stereocenters. The monoisotopic (exact) mass is 362 g/mol. The van der Waals surface area contributed by atoms with Gasteiger partial charge in [0.2, 0.25) is 0 Å². The molecule has 134 valence electrons.